The van der Waals surface area contributed by atoms with E-state index in [9.17, 15) is 4.46 Å². The fourth-order valence-corrected chi connectivity index (χ4v) is 1.47. The first-order chi connectivity index (χ1) is 5.81. The van der Waals surface area contributed by atoms with Crippen molar-refractivity contribution in [3.8, 4) is 0 Å². The molecule has 0 unspecified atom stereocenters. The molecule has 0 atom stereocenters. The SMILES string of the molecule is CCCCCCO[Si](=O)OCC. The predicted octanol–water partition coefficient (Wildman–Crippen LogP) is 2.04. The summed E-state index contributed by atoms with van der Waals surface area (Å²) in [6, 6.07) is 0. The second kappa shape index (κ2) is 8.71. The molecule has 0 aromatic heterocycles. The minimum atomic E-state index is -2.18. The first kappa shape index (κ1) is 11.6. The summed E-state index contributed by atoms with van der Waals surface area (Å²) < 4.78 is 20.5. The van der Waals surface area contributed by atoms with Crippen LogP contribution in [0, 0.1) is 0 Å². The lowest BCUT2D eigenvalue weighted by Crippen LogP contribution is -2.12. The zero-order valence-corrected chi connectivity index (χ0v) is 8.97. The highest BCUT2D eigenvalue weighted by molar-refractivity contribution is 6.26. The number of hydrogen-bond donors (Lipinski definition) is 0. The molecule has 72 valence electrons. The molecule has 0 aromatic rings. The van der Waals surface area contributed by atoms with Crippen LogP contribution >= 0.6 is 0 Å². The van der Waals surface area contributed by atoms with Gasteiger partial charge >= 0.3 is 9.17 Å². The summed E-state index contributed by atoms with van der Waals surface area (Å²) in [7, 11) is -2.18. The highest BCUT2D eigenvalue weighted by Gasteiger charge is 2.07. The minimum Gasteiger partial charge on any atom is -0.496 e. The highest BCUT2D eigenvalue weighted by atomic mass is 28.3. The van der Waals surface area contributed by atoms with Crippen LogP contribution in [0.1, 0.15) is 39.5 Å². The zero-order valence-electron chi connectivity index (χ0n) is 7.97. The third kappa shape index (κ3) is 7.72. The molecule has 0 bridgehead atoms. The molecular formula is C8H18O3Si. The third-order valence-electron chi connectivity index (χ3n) is 1.48. The van der Waals surface area contributed by atoms with Crippen LogP contribution < -0.4 is 0 Å². The van der Waals surface area contributed by atoms with Crippen molar-refractivity contribution in [1.82, 2.24) is 0 Å². The summed E-state index contributed by atoms with van der Waals surface area (Å²) >= 11 is 0. The Hall–Kier alpha value is -0.383. The topological polar surface area (TPSA) is 35.5 Å². The molecule has 0 spiro atoms. The van der Waals surface area contributed by atoms with E-state index in [1.165, 1.54) is 12.8 Å². The van der Waals surface area contributed by atoms with Crippen molar-refractivity contribution in [2.45, 2.75) is 39.5 Å². The van der Waals surface area contributed by atoms with Gasteiger partial charge in [-0.25, -0.2) is 0 Å². The van der Waals surface area contributed by atoms with Gasteiger partial charge in [0.25, 0.3) is 0 Å². The molecular weight excluding hydrogens is 172 g/mol. The Morgan fingerprint density at radius 2 is 1.83 bits per heavy atom. The van der Waals surface area contributed by atoms with Gasteiger partial charge in [0.05, 0.1) is 13.2 Å². The normalized spacial score (nSPS) is 9.50. The van der Waals surface area contributed by atoms with Crippen molar-refractivity contribution in [1.29, 1.82) is 0 Å². The van der Waals surface area contributed by atoms with E-state index < -0.39 is 9.17 Å². The summed E-state index contributed by atoms with van der Waals surface area (Å²) in [4.78, 5) is 0. The van der Waals surface area contributed by atoms with Gasteiger partial charge in [-0.2, -0.15) is 0 Å². The van der Waals surface area contributed by atoms with Gasteiger partial charge in [-0.05, 0) is 13.3 Å². The van der Waals surface area contributed by atoms with Crippen molar-refractivity contribution in [2.75, 3.05) is 13.2 Å². The fraction of sp³-hybridized carbons (Fsp3) is 1.00. The molecule has 3 nitrogen and oxygen atoms in total. The molecule has 12 heavy (non-hydrogen) atoms. The highest BCUT2D eigenvalue weighted by Crippen LogP contribution is 1.98. The van der Waals surface area contributed by atoms with Gasteiger partial charge in [0.15, 0.2) is 0 Å². The van der Waals surface area contributed by atoms with Gasteiger partial charge in [-0.1, -0.05) is 26.2 Å². The Labute approximate surface area is 76.0 Å². The lowest BCUT2D eigenvalue weighted by atomic mass is 10.2. The van der Waals surface area contributed by atoms with E-state index in [2.05, 4.69) is 6.92 Å². The summed E-state index contributed by atoms with van der Waals surface area (Å²) in [5, 5.41) is 0. The molecule has 0 N–H and O–H groups in total. The van der Waals surface area contributed by atoms with Crippen LogP contribution in [0.5, 0.6) is 0 Å². The number of rotatable bonds is 8. The van der Waals surface area contributed by atoms with E-state index in [1.54, 1.807) is 0 Å². The van der Waals surface area contributed by atoms with Crippen LogP contribution in [0.25, 0.3) is 0 Å². The Morgan fingerprint density at radius 3 is 2.42 bits per heavy atom. The standard InChI is InChI=1S/C8H18O3Si/c1-3-5-6-7-8-11-12(9)10-4-2/h3-8H2,1-2H3. The summed E-state index contributed by atoms with van der Waals surface area (Å²) in [6.45, 7) is 5.00. The first-order valence-corrected chi connectivity index (χ1v) is 5.83. The van der Waals surface area contributed by atoms with Crippen LogP contribution in [-0.2, 0) is 13.3 Å². The molecule has 0 heterocycles. The molecule has 0 aliphatic rings. The van der Waals surface area contributed by atoms with Crippen LogP contribution in [0.2, 0.25) is 0 Å². The molecule has 0 saturated heterocycles. The van der Waals surface area contributed by atoms with Crippen LogP contribution in [-0.4, -0.2) is 22.4 Å². The van der Waals surface area contributed by atoms with Crippen molar-refractivity contribution in [2.24, 2.45) is 0 Å². The summed E-state index contributed by atoms with van der Waals surface area (Å²) in [6.07, 6.45) is 4.56. The Balaban J connectivity index is 3.03. The van der Waals surface area contributed by atoms with E-state index in [-0.39, 0.29) is 0 Å². The lowest BCUT2D eigenvalue weighted by Gasteiger charge is -2.02. The summed E-state index contributed by atoms with van der Waals surface area (Å²) in [5.41, 5.74) is 0. The van der Waals surface area contributed by atoms with E-state index in [0.29, 0.717) is 13.2 Å². The molecule has 4 heteroatoms. The van der Waals surface area contributed by atoms with Gasteiger partial charge in [0, 0.05) is 0 Å². The molecule has 0 aliphatic carbocycles. The first-order valence-electron chi connectivity index (χ1n) is 4.60. The number of unbranched alkanes of at least 4 members (excludes halogenated alkanes) is 3. The predicted molar refractivity (Wildman–Crippen MR) is 48.2 cm³/mol. The molecule has 0 radical (unpaired) electrons. The second-order valence-electron chi connectivity index (χ2n) is 2.59. The monoisotopic (exact) mass is 190 g/mol. The smallest absolute Gasteiger partial charge is 0.496 e. The molecule has 0 fully saturated rings. The maximum atomic E-state index is 10.8. The molecule has 0 rings (SSSR count). The Bertz CT molecular complexity index is 117. The van der Waals surface area contributed by atoms with Crippen molar-refractivity contribution in [3.63, 3.8) is 0 Å². The van der Waals surface area contributed by atoms with Gasteiger partial charge in [0.1, 0.15) is 0 Å². The van der Waals surface area contributed by atoms with Gasteiger partial charge in [-0.3, -0.25) is 4.46 Å². The maximum Gasteiger partial charge on any atom is 0.767 e. The lowest BCUT2D eigenvalue weighted by molar-refractivity contribution is 0.172. The van der Waals surface area contributed by atoms with E-state index in [4.69, 9.17) is 8.85 Å². The van der Waals surface area contributed by atoms with Crippen molar-refractivity contribution < 1.29 is 13.3 Å². The minimum absolute atomic E-state index is 0.465. The number of hydrogen-bond acceptors (Lipinski definition) is 3. The summed E-state index contributed by atoms with van der Waals surface area (Å²) in [5.74, 6) is 0. The van der Waals surface area contributed by atoms with E-state index in [1.807, 2.05) is 6.92 Å². The average Bonchev–Trinajstić information content (AvgIpc) is 2.05. The third-order valence-corrected chi connectivity index (χ3v) is 2.44. The van der Waals surface area contributed by atoms with E-state index >= 15 is 0 Å². The molecule has 0 saturated carbocycles. The van der Waals surface area contributed by atoms with Crippen molar-refractivity contribution >= 4 is 9.17 Å². The van der Waals surface area contributed by atoms with Crippen LogP contribution in [0.3, 0.4) is 0 Å². The van der Waals surface area contributed by atoms with E-state index in [0.717, 1.165) is 12.8 Å². The van der Waals surface area contributed by atoms with Gasteiger partial charge in [0.2, 0.25) is 0 Å². The zero-order chi connectivity index (χ0) is 9.23. The Morgan fingerprint density at radius 1 is 1.08 bits per heavy atom. The van der Waals surface area contributed by atoms with Gasteiger partial charge < -0.3 is 8.85 Å². The molecule has 0 amide bonds. The largest absolute Gasteiger partial charge is 0.767 e. The van der Waals surface area contributed by atoms with Crippen LogP contribution in [0.4, 0.5) is 0 Å². The fourth-order valence-electron chi connectivity index (χ4n) is 0.844. The quantitative estimate of drug-likeness (QED) is 0.434. The van der Waals surface area contributed by atoms with Crippen molar-refractivity contribution in [3.05, 3.63) is 0 Å². The van der Waals surface area contributed by atoms with Gasteiger partial charge in [-0.15, -0.1) is 0 Å². The Kier molecular flexibility index (Phi) is 8.43. The molecule has 0 aromatic carbocycles. The maximum absolute atomic E-state index is 10.8. The van der Waals surface area contributed by atoms with Crippen LogP contribution in [0.15, 0.2) is 0 Å². The second-order valence-corrected chi connectivity index (χ2v) is 3.67. The average molecular weight is 190 g/mol. The molecule has 0 aliphatic heterocycles.